The summed E-state index contributed by atoms with van der Waals surface area (Å²) in [6.07, 6.45) is 1.47. The van der Waals surface area contributed by atoms with E-state index in [4.69, 9.17) is 23.2 Å². The fourth-order valence-corrected chi connectivity index (χ4v) is 1.47. The Morgan fingerprint density at radius 2 is 2.00 bits per heavy atom. The van der Waals surface area contributed by atoms with E-state index >= 15 is 0 Å². The number of aromatic nitrogens is 5. The van der Waals surface area contributed by atoms with E-state index < -0.39 is 0 Å². The second-order valence-electron chi connectivity index (χ2n) is 2.98. The Hall–Kier alpha value is -1.20. The van der Waals surface area contributed by atoms with E-state index in [0.717, 1.165) is 11.4 Å². The first kappa shape index (κ1) is 10.3. The van der Waals surface area contributed by atoms with Gasteiger partial charge >= 0.3 is 0 Å². The average molecular weight is 244 g/mol. The molecular formula is C8H7Cl2N5. The monoisotopic (exact) mass is 243 g/mol. The van der Waals surface area contributed by atoms with Crippen molar-refractivity contribution in [3.05, 3.63) is 27.9 Å². The van der Waals surface area contributed by atoms with Crippen LogP contribution >= 0.6 is 23.2 Å². The number of rotatable bonds is 1. The molecule has 2 rings (SSSR count). The van der Waals surface area contributed by atoms with Gasteiger partial charge in [-0.3, -0.25) is 0 Å². The highest BCUT2D eigenvalue weighted by molar-refractivity contribution is 6.31. The number of nitrogens with zero attached hydrogens (tertiary/aromatic N) is 5. The van der Waals surface area contributed by atoms with Gasteiger partial charge in [0.2, 0.25) is 5.28 Å². The molecule has 5 nitrogen and oxygen atoms in total. The Morgan fingerprint density at radius 3 is 2.53 bits per heavy atom. The van der Waals surface area contributed by atoms with E-state index in [1.807, 2.05) is 13.8 Å². The molecule has 0 saturated carbocycles. The smallest absolute Gasteiger partial charge is 0.216 e. The van der Waals surface area contributed by atoms with E-state index in [-0.39, 0.29) is 5.28 Å². The SMILES string of the molecule is Cc1nn(-c2cnnc(Cl)n2)c(C)c1Cl. The maximum Gasteiger partial charge on any atom is 0.244 e. The summed E-state index contributed by atoms with van der Waals surface area (Å²) in [6, 6.07) is 0. The molecule has 15 heavy (non-hydrogen) atoms. The Balaban J connectivity index is 2.59. The summed E-state index contributed by atoms with van der Waals surface area (Å²) < 4.78 is 1.58. The molecule has 78 valence electrons. The summed E-state index contributed by atoms with van der Waals surface area (Å²) in [7, 11) is 0. The summed E-state index contributed by atoms with van der Waals surface area (Å²) in [5.74, 6) is 0.502. The Labute approximate surface area is 96.1 Å². The molecule has 2 aromatic rings. The predicted molar refractivity (Wildman–Crippen MR) is 56.4 cm³/mol. The van der Waals surface area contributed by atoms with Crippen LogP contribution in [0.1, 0.15) is 11.4 Å². The van der Waals surface area contributed by atoms with Crippen LogP contribution in [0.3, 0.4) is 0 Å². The fraction of sp³-hybridized carbons (Fsp3) is 0.250. The van der Waals surface area contributed by atoms with Crippen LogP contribution in [-0.2, 0) is 0 Å². The first-order valence-electron chi connectivity index (χ1n) is 4.17. The molecule has 0 fully saturated rings. The summed E-state index contributed by atoms with van der Waals surface area (Å²) in [5.41, 5.74) is 1.54. The zero-order valence-electron chi connectivity index (χ0n) is 8.07. The van der Waals surface area contributed by atoms with Crippen LogP contribution in [0.15, 0.2) is 6.20 Å². The van der Waals surface area contributed by atoms with Gasteiger partial charge in [0.25, 0.3) is 0 Å². The molecule has 0 aliphatic carbocycles. The summed E-state index contributed by atoms with van der Waals surface area (Å²) in [5, 5.41) is 12.2. The number of halogens is 2. The maximum absolute atomic E-state index is 6.01. The lowest BCUT2D eigenvalue weighted by Crippen LogP contribution is -2.03. The lowest BCUT2D eigenvalue weighted by molar-refractivity contribution is 0.782. The molecule has 0 N–H and O–H groups in total. The van der Waals surface area contributed by atoms with Crippen LogP contribution in [0.25, 0.3) is 5.82 Å². The molecule has 2 heterocycles. The molecule has 0 atom stereocenters. The normalized spacial score (nSPS) is 10.7. The van der Waals surface area contributed by atoms with E-state index in [2.05, 4.69) is 20.3 Å². The van der Waals surface area contributed by atoms with Crippen LogP contribution < -0.4 is 0 Å². The number of hydrogen-bond acceptors (Lipinski definition) is 4. The molecule has 7 heteroatoms. The highest BCUT2D eigenvalue weighted by atomic mass is 35.5. The first-order valence-corrected chi connectivity index (χ1v) is 4.92. The van der Waals surface area contributed by atoms with E-state index in [9.17, 15) is 0 Å². The molecule has 0 bridgehead atoms. The largest absolute Gasteiger partial charge is 0.244 e. The predicted octanol–water partition coefficient (Wildman–Crippen LogP) is 1.98. The molecule has 0 unspecified atom stereocenters. The molecule has 0 aliphatic heterocycles. The highest BCUT2D eigenvalue weighted by Gasteiger charge is 2.12. The zero-order valence-corrected chi connectivity index (χ0v) is 9.58. The highest BCUT2D eigenvalue weighted by Crippen LogP contribution is 2.21. The van der Waals surface area contributed by atoms with Crippen LogP contribution in [-0.4, -0.2) is 25.0 Å². The molecule has 0 aromatic carbocycles. The van der Waals surface area contributed by atoms with Crippen molar-refractivity contribution >= 4 is 23.2 Å². The van der Waals surface area contributed by atoms with Gasteiger partial charge in [0.05, 0.1) is 22.6 Å². The third-order valence-corrected chi connectivity index (χ3v) is 2.65. The third-order valence-electron chi connectivity index (χ3n) is 1.94. The van der Waals surface area contributed by atoms with Gasteiger partial charge in [-0.05, 0) is 25.4 Å². The summed E-state index contributed by atoms with van der Waals surface area (Å²) in [6.45, 7) is 3.67. The van der Waals surface area contributed by atoms with Crippen LogP contribution in [0.2, 0.25) is 10.3 Å². The van der Waals surface area contributed by atoms with Crippen molar-refractivity contribution in [1.82, 2.24) is 25.0 Å². The van der Waals surface area contributed by atoms with Gasteiger partial charge in [-0.2, -0.15) is 15.2 Å². The Kier molecular flexibility index (Phi) is 2.58. The van der Waals surface area contributed by atoms with E-state index in [1.54, 1.807) is 4.68 Å². The van der Waals surface area contributed by atoms with Crippen molar-refractivity contribution in [1.29, 1.82) is 0 Å². The summed E-state index contributed by atoms with van der Waals surface area (Å²) in [4.78, 5) is 3.99. The topological polar surface area (TPSA) is 56.5 Å². The van der Waals surface area contributed by atoms with Crippen molar-refractivity contribution in [2.75, 3.05) is 0 Å². The lowest BCUT2D eigenvalue weighted by atomic mass is 10.4. The summed E-state index contributed by atoms with van der Waals surface area (Å²) >= 11 is 11.6. The second kappa shape index (κ2) is 3.75. The van der Waals surface area contributed by atoms with Crippen LogP contribution in [0.4, 0.5) is 0 Å². The van der Waals surface area contributed by atoms with Gasteiger partial charge in [0.1, 0.15) is 0 Å². The van der Waals surface area contributed by atoms with Crippen LogP contribution in [0.5, 0.6) is 0 Å². The first-order chi connectivity index (χ1) is 7.09. The molecule has 0 spiro atoms. The lowest BCUT2D eigenvalue weighted by Gasteiger charge is -2.01. The standard InChI is InChI=1S/C8H7Cl2N5/c1-4-7(9)5(2)15(14-4)6-3-11-13-8(10)12-6/h3H,1-2H3. The molecule has 0 aliphatic rings. The minimum atomic E-state index is 0.0798. The maximum atomic E-state index is 6.01. The van der Waals surface area contributed by atoms with Gasteiger partial charge < -0.3 is 0 Å². The van der Waals surface area contributed by atoms with Gasteiger partial charge in [-0.25, -0.2) is 4.68 Å². The van der Waals surface area contributed by atoms with Crippen molar-refractivity contribution in [2.45, 2.75) is 13.8 Å². The van der Waals surface area contributed by atoms with E-state index in [0.29, 0.717) is 10.8 Å². The molecule has 2 aromatic heterocycles. The molecule has 0 radical (unpaired) electrons. The molecule has 0 amide bonds. The Morgan fingerprint density at radius 1 is 1.27 bits per heavy atom. The second-order valence-corrected chi connectivity index (χ2v) is 3.70. The Bertz CT molecular complexity index is 508. The van der Waals surface area contributed by atoms with Crippen molar-refractivity contribution in [2.24, 2.45) is 0 Å². The van der Waals surface area contributed by atoms with Gasteiger partial charge in [-0.15, -0.1) is 5.10 Å². The van der Waals surface area contributed by atoms with Crippen molar-refractivity contribution in [3.63, 3.8) is 0 Å². The molecular weight excluding hydrogens is 237 g/mol. The van der Waals surface area contributed by atoms with Gasteiger partial charge in [0, 0.05) is 0 Å². The quantitative estimate of drug-likeness (QED) is 0.769. The van der Waals surface area contributed by atoms with Crippen molar-refractivity contribution < 1.29 is 0 Å². The minimum absolute atomic E-state index is 0.0798. The van der Waals surface area contributed by atoms with Crippen molar-refractivity contribution in [3.8, 4) is 5.82 Å². The number of aryl methyl sites for hydroxylation is 1. The minimum Gasteiger partial charge on any atom is -0.216 e. The number of hydrogen-bond donors (Lipinski definition) is 0. The van der Waals surface area contributed by atoms with Crippen LogP contribution in [0, 0.1) is 13.8 Å². The van der Waals surface area contributed by atoms with Gasteiger partial charge in [0.15, 0.2) is 5.82 Å². The van der Waals surface area contributed by atoms with Gasteiger partial charge in [-0.1, -0.05) is 11.6 Å². The average Bonchev–Trinajstić information content (AvgIpc) is 2.46. The fourth-order valence-electron chi connectivity index (χ4n) is 1.22. The zero-order chi connectivity index (χ0) is 11.0. The molecule has 0 saturated heterocycles. The third kappa shape index (κ3) is 1.80. The van der Waals surface area contributed by atoms with E-state index in [1.165, 1.54) is 6.20 Å².